The second-order valence-electron chi connectivity index (χ2n) is 17.3. The van der Waals surface area contributed by atoms with Gasteiger partial charge in [-0.3, -0.25) is 43.2 Å². The first-order chi connectivity index (χ1) is 36.2. The number of nitrogens with one attached hydrogen (secondary N) is 7. The molecule has 1 aliphatic carbocycles. The molecule has 26 nitrogen and oxygen atoms in total. The Labute approximate surface area is 432 Å². The number of aromatic hydroxyl groups is 1. The van der Waals surface area contributed by atoms with E-state index in [-0.39, 0.29) is 91.4 Å². The van der Waals surface area contributed by atoms with Gasteiger partial charge in [-0.15, -0.1) is 0 Å². The number of H-pyrrole nitrogens is 1. The fourth-order valence-electron chi connectivity index (χ4n) is 7.80. The highest BCUT2D eigenvalue weighted by molar-refractivity contribution is 6.09. The Morgan fingerprint density at radius 2 is 1.53 bits per heavy atom. The van der Waals surface area contributed by atoms with Crippen LogP contribution in [0.2, 0.25) is 0 Å². The normalized spacial score (nSPS) is 13.1. The molecule has 5 atom stereocenters. The van der Waals surface area contributed by atoms with Crippen LogP contribution in [0.25, 0.3) is 33.4 Å². The van der Waals surface area contributed by atoms with Crippen molar-refractivity contribution < 1.29 is 77.5 Å². The summed E-state index contributed by atoms with van der Waals surface area (Å²) >= 11 is 0. The summed E-state index contributed by atoms with van der Waals surface area (Å²) in [6, 6.07) is 7.15. The highest BCUT2D eigenvalue weighted by Gasteiger charge is 2.32. The van der Waals surface area contributed by atoms with Gasteiger partial charge in [0, 0.05) is 73.3 Å². The predicted molar refractivity (Wildman–Crippen MR) is 267 cm³/mol. The first-order valence-corrected chi connectivity index (χ1v) is 23.8. The minimum Gasteiger partial charge on any atom is -0.508 e. The van der Waals surface area contributed by atoms with Crippen molar-refractivity contribution >= 4 is 64.3 Å². The Morgan fingerprint density at radius 3 is 2.21 bits per heavy atom. The molecule has 7 amide bonds. The number of nitrogens with zero attached hydrogens (tertiary/aromatic N) is 1. The number of amides is 7. The maximum atomic E-state index is 13.4. The van der Waals surface area contributed by atoms with Gasteiger partial charge in [-0.2, -0.15) is 0 Å². The lowest BCUT2D eigenvalue weighted by Crippen LogP contribution is -2.59. The number of imidazole rings is 1. The number of aliphatic carboxylic acids is 1. The summed E-state index contributed by atoms with van der Waals surface area (Å²) in [4.78, 5) is 132. The number of aromatic amines is 1. The maximum Gasteiger partial charge on any atom is 0.336 e. The number of primary amides is 1. The molecule has 0 unspecified atom stereocenters. The summed E-state index contributed by atoms with van der Waals surface area (Å²) in [6.07, 6.45) is 1.29. The van der Waals surface area contributed by atoms with Crippen molar-refractivity contribution in [3.8, 4) is 28.2 Å². The Morgan fingerprint density at radius 1 is 0.776 bits per heavy atom. The summed E-state index contributed by atoms with van der Waals surface area (Å²) in [5.74, 6) is -7.65. The number of aromatic carboxylic acids is 1. The Balaban J connectivity index is 1.04. The zero-order valence-corrected chi connectivity index (χ0v) is 41.3. The van der Waals surface area contributed by atoms with E-state index in [1.54, 1.807) is 6.07 Å². The molecule has 26 heteroatoms. The Kier molecular flexibility index (Phi) is 21.5. The number of carbonyl (C=O) groups is 9. The number of phenols is 1. The number of unbranched alkanes of at least 4 members (excludes halogenated alkanes) is 1. The standard InChI is InChI=1S/C50H59N9O17/c1-26(60)44(49(71)58-38(20-29-23-52-25-55-29)48(70)57-36(45(51)67)12-13-42(65)66)59-41(64)24-75-18-17-74-16-15-54-47(69)37(56-27(2)61)5-3-4-14-53-46(68)28-6-9-32(50(72)73)35(19-28)43-33-10-7-30(62)21-39(33)76-40-22-31(63)8-11-34(40)43/h6-11,19,21-23,25-26,36-38,44,60,62H,3-5,12-18,20,24H2,1-2H3,(H2,51,67)(H,52,55)(H,53,68)(H,54,69)(H,56,61)(H,57,70)(H,58,71)(H,59,64)(H,65,66)(H,72,73)/t26-,36+,37+,38+,44+/m0/s1. The predicted octanol–water partition coefficient (Wildman–Crippen LogP) is -0.326. The SMILES string of the molecule is CC(=O)N[C@H](CCCCNC(=O)c1ccc(C(=O)O)c(-c2c3ccc(=O)cc-3oc3cc(O)ccc23)c1)C(=O)NCCOCCOCC(=O)N[C@@H](C(=O)N[C@H](Cc1c[nH]cn1)C(=O)N[C@H](CCC(=O)O)C(N)=O)[C@H](C)O. The van der Waals surface area contributed by atoms with Crippen LogP contribution in [0.1, 0.15) is 72.4 Å². The number of hydrogen-bond donors (Lipinski definition) is 12. The van der Waals surface area contributed by atoms with Gasteiger partial charge in [0.25, 0.3) is 5.91 Å². The highest BCUT2D eigenvalue weighted by atomic mass is 16.5. The van der Waals surface area contributed by atoms with Crippen molar-refractivity contribution in [1.29, 1.82) is 0 Å². The number of phenolic OH excluding ortho intramolecular Hbond substituents is 1. The van der Waals surface area contributed by atoms with Crippen LogP contribution in [0, 0.1) is 0 Å². The quantitative estimate of drug-likeness (QED) is 0.0207. The van der Waals surface area contributed by atoms with E-state index in [1.165, 1.54) is 74.9 Å². The molecule has 2 heterocycles. The fourth-order valence-corrected chi connectivity index (χ4v) is 7.80. The van der Waals surface area contributed by atoms with E-state index in [2.05, 4.69) is 41.9 Å². The van der Waals surface area contributed by atoms with Gasteiger partial charge in [0.1, 0.15) is 47.9 Å². The van der Waals surface area contributed by atoms with Crippen molar-refractivity contribution in [2.45, 2.75) is 82.6 Å². The van der Waals surface area contributed by atoms with E-state index in [0.29, 0.717) is 35.0 Å². The van der Waals surface area contributed by atoms with Crippen LogP contribution in [0.4, 0.5) is 0 Å². The van der Waals surface area contributed by atoms with E-state index >= 15 is 0 Å². The van der Waals surface area contributed by atoms with Crippen molar-refractivity contribution in [2.75, 3.05) is 39.5 Å². The first kappa shape index (κ1) is 58.1. The molecular formula is C50H59N9O17. The van der Waals surface area contributed by atoms with Gasteiger partial charge in [-0.05, 0) is 80.6 Å². The third-order valence-electron chi connectivity index (χ3n) is 11.5. The van der Waals surface area contributed by atoms with E-state index in [0.717, 1.165) is 0 Å². The van der Waals surface area contributed by atoms with Gasteiger partial charge in [0.05, 0.1) is 43.5 Å². The number of rotatable bonds is 30. The molecule has 0 spiro atoms. The largest absolute Gasteiger partial charge is 0.508 e. The summed E-state index contributed by atoms with van der Waals surface area (Å²) in [5.41, 5.74) is 6.45. The molecule has 0 radical (unpaired) electrons. The second-order valence-corrected chi connectivity index (χ2v) is 17.3. The van der Waals surface area contributed by atoms with Gasteiger partial charge in [0.15, 0.2) is 5.43 Å². The summed E-state index contributed by atoms with van der Waals surface area (Å²) in [7, 11) is 0. The molecule has 0 saturated carbocycles. The number of benzene rings is 3. The number of carboxylic acids is 2. The zero-order chi connectivity index (χ0) is 55.5. The van der Waals surface area contributed by atoms with Crippen molar-refractivity contribution in [1.82, 2.24) is 41.9 Å². The zero-order valence-electron chi connectivity index (χ0n) is 41.3. The van der Waals surface area contributed by atoms with Crippen LogP contribution in [0.5, 0.6) is 5.75 Å². The topological polar surface area (TPSA) is 410 Å². The number of fused-ring (bicyclic) bond motifs is 2. The summed E-state index contributed by atoms with van der Waals surface area (Å²) in [5, 5.41) is 55.2. The molecule has 76 heavy (non-hydrogen) atoms. The number of nitrogens with two attached hydrogens (primary N) is 1. The average Bonchev–Trinajstić information content (AvgIpc) is 3.88. The molecule has 13 N–H and O–H groups in total. The van der Waals surface area contributed by atoms with Crippen LogP contribution in [-0.4, -0.2) is 153 Å². The molecule has 406 valence electrons. The number of hydrogen-bond acceptors (Lipinski definition) is 16. The van der Waals surface area contributed by atoms with Crippen LogP contribution >= 0.6 is 0 Å². The number of aliphatic hydroxyl groups excluding tert-OH is 1. The van der Waals surface area contributed by atoms with E-state index in [9.17, 15) is 63.3 Å². The van der Waals surface area contributed by atoms with Crippen molar-refractivity contribution in [3.05, 3.63) is 94.2 Å². The van der Waals surface area contributed by atoms with Crippen molar-refractivity contribution in [2.24, 2.45) is 5.73 Å². The lowest BCUT2D eigenvalue weighted by molar-refractivity contribution is -0.138. The van der Waals surface area contributed by atoms with Gasteiger partial charge in [-0.1, -0.05) is 0 Å². The first-order valence-electron chi connectivity index (χ1n) is 23.8. The van der Waals surface area contributed by atoms with Crippen LogP contribution in [0.15, 0.2) is 76.3 Å². The van der Waals surface area contributed by atoms with Crippen LogP contribution in [0.3, 0.4) is 0 Å². The number of aliphatic hydroxyl groups is 1. The van der Waals surface area contributed by atoms with E-state index in [4.69, 9.17) is 24.7 Å². The number of aromatic nitrogens is 2. The third kappa shape index (κ3) is 17.2. The highest BCUT2D eigenvalue weighted by Crippen LogP contribution is 2.42. The molecule has 0 saturated heterocycles. The minimum atomic E-state index is -1.57. The van der Waals surface area contributed by atoms with Crippen LogP contribution in [-0.2, 0) is 49.5 Å². The molecule has 0 fully saturated rings. The van der Waals surface area contributed by atoms with Gasteiger partial charge in [-0.25, -0.2) is 9.78 Å². The average molecular weight is 1060 g/mol. The van der Waals surface area contributed by atoms with E-state index < -0.39 is 96.6 Å². The molecular weight excluding hydrogens is 999 g/mol. The molecule has 3 aromatic rings. The van der Waals surface area contributed by atoms with Gasteiger partial charge >= 0.3 is 11.9 Å². The molecule has 1 aliphatic heterocycles. The second kappa shape index (κ2) is 28.1. The fraction of sp³-hybridized carbons (Fsp3) is 0.380. The summed E-state index contributed by atoms with van der Waals surface area (Å²) < 4.78 is 16.7. The van der Waals surface area contributed by atoms with Crippen LogP contribution < -0.4 is 43.1 Å². The smallest absolute Gasteiger partial charge is 0.336 e. The Hall–Kier alpha value is -8.75. The minimum absolute atomic E-state index is 0.0169. The van der Waals surface area contributed by atoms with Gasteiger partial charge in [0.2, 0.25) is 35.4 Å². The lowest BCUT2D eigenvalue weighted by Gasteiger charge is -2.25. The maximum absolute atomic E-state index is 13.4. The number of carboxylic acid groups (broad SMARTS) is 2. The Bertz CT molecular complexity index is 2920. The monoisotopic (exact) mass is 1060 g/mol. The molecule has 1 aromatic heterocycles. The molecule has 5 rings (SSSR count). The number of ether oxygens (including phenoxy) is 2. The summed E-state index contributed by atoms with van der Waals surface area (Å²) in [6.45, 7) is 2.00. The molecule has 2 aliphatic rings. The van der Waals surface area contributed by atoms with Gasteiger partial charge < -0.3 is 76.9 Å². The number of carbonyl (C=O) groups excluding carboxylic acids is 7. The van der Waals surface area contributed by atoms with Crippen molar-refractivity contribution in [3.63, 3.8) is 0 Å². The molecule has 2 aromatic carbocycles. The lowest BCUT2D eigenvalue weighted by atomic mass is 9.89. The van der Waals surface area contributed by atoms with E-state index in [1.807, 2.05) is 0 Å². The molecule has 0 bridgehead atoms. The third-order valence-corrected chi connectivity index (χ3v) is 11.5.